The van der Waals surface area contributed by atoms with E-state index in [4.69, 9.17) is 4.74 Å². The average molecular weight is 180 g/mol. The molecule has 0 aromatic carbocycles. The summed E-state index contributed by atoms with van der Waals surface area (Å²) >= 11 is 0. The molecule has 0 radical (unpaired) electrons. The average Bonchev–Trinajstić information content (AvgIpc) is 2.48. The molecule has 4 atom stereocenters. The zero-order valence-electron chi connectivity index (χ0n) is 8.52. The molecule has 4 bridgehead atoms. The zero-order valence-corrected chi connectivity index (χ0v) is 8.52. The minimum absolute atomic E-state index is 0.0567. The Labute approximate surface area is 78.6 Å². The Kier molecular flexibility index (Phi) is 1.00. The van der Waals surface area contributed by atoms with Gasteiger partial charge in [-0.05, 0) is 36.0 Å². The van der Waals surface area contributed by atoms with Crippen LogP contribution in [0.1, 0.15) is 33.1 Å². The first kappa shape index (κ1) is 7.84. The molecule has 0 aromatic heterocycles. The van der Waals surface area contributed by atoms with Crippen LogP contribution >= 0.6 is 0 Å². The van der Waals surface area contributed by atoms with Crippen molar-refractivity contribution in [3.8, 4) is 0 Å². The second kappa shape index (κ2) is 1.67. The van der Waals surface area contributed by atoms with E-state index in [1.165, 1.54) is 20.0 Å². The summed E-state index contributed by atoms with van der Waals surface area (Å²) in [6, 6.07) is 0. The third kappa shape index (κ3) is 0.420. The molecule has 13 heavy (non-hydrogen) atoms. The third-order valence-corrected chi connectivity index (χ3v) is 5.74. The molecule has 0 aromatic rings. The second-order valence-electron chi connectivity index (χ2n) is 5.48. The molecular formula is C11H16O2. The van der Waals surface area contributed by atoms with Crippen molar-refractivity contribution in [2.75, 3.05) is 7.11 Å². The van der Waals surface area contributed by atoms with Crippen LogP contribution in [0.5, 0.6) is 0 Å². The van der Waals surface area contributed by atoms with E-state index < -0.39 is 0 Å². The van der Waals surface area contributed by atoms with Crippen LogP contribution in [0.3, 0.4) is 0 Å². The van der Waals surface area contributed by atoms with Gasteiger partial charge in [-0.1, -0.05) is 13.8 Å². The SMILES string of the molecule is COC(=O)[C@]12C[C@]3(C)[C@@H]1CC[C@@]32C. The van der Waals surface area contributed by atoms with E-state index in [2.05, 4.69) is 13.8 Å². The molecule has 0 heterocycles. The summed E-state index contributed by atoms with van der Waals surface area (Å²) in [5, 5.41) is 0. The fraction of sp³-hybridized carbons (Fsp3) is 0.909. The summed E-state index contributed by atoms with van der Waals surface area (Å²) in [7, 11) is 1.52. The van der Waals surface area contributed by atoms with E-state index >= 15 is 0 Å². The van der Waals surface area contributed by atoms with E-state index in [0.29, 0.717) is 11.3 Å². The minimum Gasteiger partial charge on any atom is -0.469 e. The van der Waals surface area contributed by atoms with Crippen molar-refractivity contribution in [3.63, 3.8) is 0 Å². The number of fused-ring (bicyclic) bond motifs is 1. The molecule has 5 fully saturated rings. The summed E-state index contributed by atoms with van der Waals surface area (Å²) in [6.07, 6.45) is 3.54. The predicted molar refractivity (Wildman–Crippen MR) is 48.0 cm³/mol. The van der Waals surface area contributed by atoms with Gasteiger partial charge in [-0.25, -0.2) is 0 Å². The molecule has 2 nitrogen and oxygen atoms in total. The van der Waals surface area contributed by atoms with Gasteiger partial charge in [0.25, 0.3) is 0 Å². The minimum atomic E-state index is -0.0590. The Balaban J connectivity index is 2.03. The van der Waals surface area contributed by atoms with Gasteiger partial charge in [0.1, 0.15) is 0 Å². The number of hydrogen-bond acceptors (Lipinski definition) is 2. The van der Waals surface area contributed by atoms with Crippen molar-refractivity contribution in [1.29, 1.82) is 0 Å². The zero-order chi connectivity index (χ0) is 9.48. The van der Waals surface area contributed by atoms with Crippen molar-refractivity contribution in [3.05, 3.63) is 0 Å². The largest absolute Gasteiger partial charge is 0.469 e. The van der Waals surface area contributed by atoms with E-state index in [9.17, 15) is 4.79 Å². The molecule has 5 saturated carbocycles. The Hall–Kier alpha value is -0.530. The molecule has 0 aliphatic heterocycles. The number of hydrogen-bond donors (Lipinski definition) is 0. The van der Waals surface area contributed by atoms with E-state index in [-0.39, 0.29) is 16.8 Å². The van der Waals surface area contributed by atoms with Crippen molar-refractivity contribution in [2.45, 2.75) is 33.1 Å². The van der Waals surface area contributed by atoms with Gasteiger partial charge in [-0.2, -0.15) is 0 Å². The van der Waals surface area contributed by atoms with Gasteiger partial charge < -0.3 is 4.74 Å². The van der Waals surface area contributed by atoms with Gasteiger partial charge in [0.2, 0.25) is 0 Å². The highest BCUT2D eigenvalue weighted by Crippen LogP contribution is 2.93. The molecular weight excluding hydrogens is 164 g/mol. The number of esters is 1. The van der Waals surface area contributed by atoms with Crippen LogP contribution in [0.4, 0.5) is 0 Å². The lowest BCUT2D eigenvalue weighted by molar-refractivity contribution is -0.337. The monoisotopic (exact) mass is 180 g/mol. The summed E-state index contributed by atoms with van der Waals surface area (Å²) in [4.78, 5) is 11.7. The fourth-order valence-corrected chi connectivity index (χ4v) is 4.85. The van der Waals surface area contributed by atoms with Crippen LogP contribution in [-0.4, -0.2) is 13.1 Å². The predicted octanol–water partition coefficient (Wildman–Crippen LogP) is 1.99. The van der Waals surface area contributed by atoms with Crippen LogP contribution in [0.2, 0.25) is 0 Å². The Morgan fingerprint density at radius 2 is 2.15 bits per heavy atom. The number of carbonyl (C=O) groups excluding carboxylic acids is 1. The van der Waals surface area contributed by atoms with Crippen LogP contribution < -0.4 is 0 Å². The highest BCUT2D eigenvalue weighted by molar-refractivity contribution is 5.84. The van der Waals surface area contributed by atoms with Gasteiger partial charge in [0.05, 0.1) is 12.5 Å². The molecule has 0 spiro atoms. The molecule has 5 aliphatic rings. The Morgan fingerprint density at radius 3 is 2.54 bits per heavy atom. The maximum absolute atomic E-state index is 11.7. The van der Waals surface area contributed by atoms with Crippen LogP contribution in [0.25, 0.3) is 0 Å². The number of methoxy groups -OCH3 is 1. The van der Waals surface area contributed by atoms with E-state index in [0.717, 1.165) is 6.42 Å². The van der Waals surface area contributed by atoms with Crippen LogP contribution in [0.15, 0.2) is 0 Å². The lowest BCUT2D eigenvalue weighted by Gasteiger charge is -2.80. The molecule has 0 N–H and O–H groups in total. The molecule has 72 valence electrons. The quantitative estimate of drug-likeness (QED) is 0.577. The standard InChI is InChI=1S/C11H16O2/c1-9-6-11(8(12)13-3)7(9)4-5-10(9,11)2/h7H,4-6H2,1-3H3/t7-,9+,10-,11-/m0/s1. The number of rotatable bonds is 1. The summed E-state index contributed by atoms with van der Waals surface area (Å²) in [5.74, 6) is 0.693. The topological polar surface area (TPSA) is 26.3 Å². The Bertz CT molecular complexity index is 311. The molecule has 0 unspecified atom stereocenters. The van der Waals surface area contributed by atoms with Gasteiger partial charge in [0.15, 0.2) is 0 Å². The molecule has 2 heteroatoms. The number of carbonyl (C=O) groups is 1. The first-order chi connectivity index (χ1) is 6.03. The Morgan fingerprint density at radius 1 is 1.46 bits per heavy atom. The lowest BCUT2D eigenvalue weighted by Crippen LogP contribution is -2.80. The van der Waals surface area contributed by atoms with Crippen LogP contribution in [0, 0.1) is 22.2 Å². The maximum Gasteiger partial charge on any atom is 0.312 e. The second-order valence-corrected chi connectivity index (χ2v) is 5.48. The summed E-state index contributed by atoms with van der Waals surface area (Å²) in [6.45, 7) is 4.62. The smallest absolute Gasteiger partial charge is 0.312 e. The first-order valence-electron chi connectivity index (χ1n) is 5.11. The van der Waals surface area contributed by atoms with Gasteiger partial charge in [0, 0.05) is 0 Å². The highest BCUT2D eigenvalue weighted by atomic mass is 16.5. The summed E-state index contributed by atoms with van der Waals surface area (Å²) in [5.41, 5.74) is 0.690. The molecule has 0 amide bonds. The number of ether oxygens (including phenoxy) is 1. The van der Waals surface area contributed by atoms with Crippen molar-refractivity contribution in [2.24, 2.45) is 22.2 Å². The van der Waals surface area contributed by atoms with E-state index in [1.54, 1.807) is 0 Å². The molecule has 5 rings (SSSR count). The molecule has 5 aliphatic carbocycles. The normalized spacial score (nSPS) is 61.0. The van der Waals surface area contributed by atoms with Crippen molar-refractivity contribution < 1.29 is 9.53 Å². The molecule has 0 saturated heterocycles. The highest BCUT2D eigenvalue weighted by Gasteiger charge is 2.92. The van der Waals surface area contributed by atoms with Crippen molar-refractivity contribution >= 4 is 5.97 Å². The van der Waals surface area contributed by atoms with Crippen LogP contribution in [-0.2, 0) is 9.53 Å². The summed E-state index contributed by atoms with van der Waals surface area (Å²) < 4.78 is 4.95. The maximum atomic E-state index is 11.7. The fourth-order valence-electron chi connectivity index (χ4n) is 4.85. The van der Waals surface area contributed by atoms with Gasteiger partial charge in [-0.3, -0.25) is 4.79 Å². The lowest BCUT2D eigenvalue weighted by atomic mass is 9.22. The van der Waals surface area contributed by atoms with Gasteiger partial charge >= 0.3 is 5.97 Å². The van der Waals surface area contributed by atoms with Crippen molar-refractivity contribution in [1.82, 2.24) is 0 Å². The first-order valence-corrected chi connectivity index (χ1v) is 5.11. The third-order valence-electron chi connectivity index (χ3n) is 5.74. The van der Waals surface area contributed by atoms with E-state index in [1.807, 2.05) is 0 Å². The van der Waals surface area contributed by atoms with Gasteiger partial charge in [-0.15, -0.1) is 0 Å².